The third kappa shape index (κ3) is 13.8. The third-order valence-electron chi connectivity index (χ3n) is 4.82. The van der Waals surface area contributed by atoms with E-state index in [-0.39, 0.29) is 5.12 Å². The second kappa shape index (κ2) is 17.4. The molecular formula is C21H42O3S. The Kier molecular flexibility index (Phi) is 17.3. The summed E-state index contributed by atoms with van der Waals surface area (Å²) < 4.78 is 5.67. The van der Waals surface area contributed by atoms with Gasteiger partial charge in [0, 0.05) is 12.4 Å². The lowest BCUT2D eigenvalue weighted by Crippen LogP contribution is -2.33. The van der Waals surface area contributed by atoms with Crippen LogP contribution in [0.2, 0.25) is 0 Å². The van der Waals surface area contributed by atoms with Gasteiger partial charge in [0.25, 0.3) is 0 Å². The third-order valence-corrected chi connectivity index (χ3v) is 5.98. The number of carbonyl (C=O) groups excluding carboxylic acids is 1. The van der Waals surface area contributed by atoms with E-state index in [1.807, 2.05) is 0 Å². The monoisotopic (exact) mass is 374 g/mol. The van der Waals surface area contributed by atoms with Crippen LogP contribution in [0.4, 0.5) is 0 Å². The van der Waals surface area contributed by atoms with Crippen molar-refractivity contribution < 1.29 is 14.6 Å². The maximum absolute atomic E-state index is 12.1. The van der Waals surface area contributed by atoms with Crippen molar-refractivity contribution >= 4 is 16.9 Å². The predicted molar refractivity (Wildman–Crippen MR) is 110 cm³/mol. The number of thioether (sulfide) groups is 1. The molecule has 0 saturated carbocycles. The molecule has 0 spiro atoms. The zero-order chi connectivity index (χ0) is 18.9. The zero-order valence-corrected chi connectivity index (χ0v) is 17.9. The van der Waals surface area contributed by atoms with Crippen LogP contribution in [-0.4, -0.2) is 34.8 Å². The average Bonchev–Trinajstić information content (AvgIpc) is 2.62. The molecule has 0 radical (unpaired) electrons. The van der Waals surface area contributed by atoms with E-state index in [2.05, 4.69) is 20.8 Å². The molecule has 0 aliphatic rings. The molecule has 150 valence electrons. The molecule has 0 aromatic heterocycles. The minimum absolute atomic E-state index is 0.137. The number of ether oxygens (including phenoxy) is 1. The topological polar surface area (TPSA) is 46.5 Å². The van der Waals surface area contributed by atoms with Crippen LogP contribution >= 0.6 is 11.8 Å². The minimum atomic E-state index is -1.00. The first kappa shape index (κ1) is 24.9. The molecular weight excluding hydrogens is 332 g/mol. The molecule has 0 aromatic carbocycles. The molecule has 25 heavy (non-hydrogen) atoms. The fraction of sp³-hybridized carbons (Fsp3) is 0.952. The van der Waals surface area contributed by atoms with Gasteiger partial charge in [0.15, 0.2) is 0 Å². The SMILES string of the molecule is CCCCCCCCCOC(C)[C@H](O)C(=O)SCC(CC)CCCC. The molecule has 0 saturated heterocycles. The summed E-state index contributed by atoms with van der Waals surface area (Å²) in [6.07, 6.45) is 12.0. The highest BCUT2D eigenvalue weighted by atomic mass is 32.2. The lowest BCUT2D eigenvalue weighted by molar-refractivity contribution is -0.125. The Hall–Kier alpha value is -0.0600. The van der Waals surface area contributed by atoms with E-state index >= 15 is 0 Å². The number of aliphatic hydroxyl groups excluding tert-OH is 1. The lowest BCUT2D eigenvalue weighted by Gasteiger charge is -2.19. The van der Waals surface area contributed by atoms with E-state index in [9.17, 15) is 9.90 Å². The summed E-state index contributed by atoms with van der Waals surface area (Å²) in [7, 11) is 0. The molecule has 3 atom stereocenters. The summed E-state index contributed by atoms with van der Waals surface area (Å²) in [5, 5.41) is 10.0. The minimum Gasteiger partial charge on any atom is -0.382 e. The normalized spacial score (nSPS) is 15.1. The van der Waals surface area contributed by atoms with Gasteiger partial charge in [0.2, 0.25) is 5.12 Å². The average molecular weight is 375 g/mol. The van der Waals surface area contributed by atoms with Crippen molar-refractivity contribution in [2.45, 2.75) is 111 Å². The molecule has 0 aliphatic heterocycles. The summed E-state index contributed by atoms with van der Waals surface area (Å²) in [4.78, 5) is 12.1. The number of hydrogen-bond acceptors (Lipinski definition) is 4. The van der Waals surface area contributed by atoms with Crippen LogP contribution < -0.4 is 0 Å². The molecule has 0 aliphatic carbocycles. The van der Waals surface area contributed by atoms with Gasteiger partial charge in [0.05, 0.1) is 6.10 Å². The van der Waals surface area contributed by atoms with Gasteiger partial charge in [-0.2, -0.15) is 0 Å². The Bertz CT molecular complexity index is 310. The van der Waals surface area contributed by atoms with Crippen LogP contribution in [0.1, 0.15) is 98.3 Å². The highest BCUT2D eigenvalue weighted by Crippen LogP contribution is 2.21. The number of aliphatic hydroxyl groups is 1. The molecule has 3 nitrogen and oxygen atoms in total. The molecule has 0 fully saturated rings. The second-order valence-electron chi connectivity index (χ2n) is 7.19. The smallest absolute Gasteiger partial charge is 0.220 e. The zero-order valence-electron chi connectivity index (χ0n) is 17.1. The molecule has 1 N–H and O–H groups in total. The number of hydrogen-bond donors (Lipinski definition) is 1. The number of unbranched alkanes of at least 4 members (excludes halogenated alkanes) is 7. The van der Waals surface area contributed by atoms with Crippen molar-refractivity contribution in [3.8, 4) is 0 Å². The van der Waals surface area contributed by atoms with Gasteiger partial charge in [0.1, 0.15) is 6.10 Å². The lowest BCUT2D eigenvalue weighted by atomic mass is 10.0. The first-order chi connectivity index (χ1) is 12.1. The summed E-state index contributed by atoms with van der Waals surface area (Å²) in [6, 6.07) is 0. The van der Waals surface area contributed by atoms with Crippen molar-refractivity contribution in [3.63, 3.8) is 0 Å². The largest absolute Gasteiger partial charge is 0.382 e. The van der Waals surface area contributed by atoms with Gasteiger partial charge in [-0.25, -0.2) is 0 Å². The molecule has 4 heteroatoms. The van der Waals surface area contributed by atoms with Gasteiger partial charge in [-0.3, -0.25) is 4.79 Å². The van der Waals surface area contributed by atoms with Crippen LogP contribution in [0.3, 0.4) is 0 Å². The molecule has 0 heterocycles. The van der Waals surface area contributed by atoms with Crippen LogP contribution in [0.15, 0.2) is 0 Å². The highest BCUT2D eigenvalue weighted by Gasteiger charge is 2.24. The van der Waals surface area contributed by atoms with Gasteiger partial charge < -0.3 is 9.84 Å². The highest BCUT2D eigenvalue weighted by molar-refractivity contribution is 8.13. The Labute approximate surface area is 160 Å². The molecule has 2 unspecified atom stereocenters. The fourth-order valence-electron chi connectivity index (χ4n) is 2.79. The second-order valence-corrected chi connectivity index (χ2v) is 8.21. The first-order valence-electron chi connectivity index (χ1n) is 10.5. The molecule has 0 rings (SSSR count). The van der Waals surface area contributed by atoms with E-state index < -0.39 is 12.2 Å². The predicted octanol–water partition coefficient (Wildman–Crippen LogP) is 5.98. The molecule has 0 bridgehead atoms. The van der Waals surface area contributed by atoms with Crippen molar-refractivity contribution in [1.82, 2.24) is 0 Å². The summed E-state index contributed by atoms with van der Waals surface area (Å²) >= 11 is 1.28. The Morgan fingerprint density at radius 1 is 0.960 bits per heavy atom. The quantitative estimate of drug-likeness (QED) is 0.318. The number of rotatable bonds is 17. The van der Waals surface area contributed by atoms with Crippen molar-refractivity contribution in [1.29, 1.82) is 0 Å². The molecule has 0 amide bonds. The van der Waals surface area contributed by atoms with Crippen molar-refractivity contribution in [3.05, 3.63) is 0 Å². The van der Waals surface area contributed by atoms with Gasteiger partial charge in [-0.1, -0.05) is 90.3 Å². The fourth-order valence-corrected chi connectivity index (χ4v) is 3.96. The molecule has 0 aromatic rings. The standard InChI is InChI=1S/C21H42O3S/c1-5-8-10-11-12-13-14-16-24-18(4)20(22)21(23)25-17-19(7-3)15-9-6-2/h18-20,22H,5-17H2,1-4H3/t18?,19?,20-/m0/s1. The summed E-state index contributed by atoms with van der Waals surface area (Å²) in [5.74, 6) is 1.39. The van der Waals surface area contributed by atoms with Crippen LogP contribution in [-0.2, 0) is 9.53 Å². The maximum Gasteiger partial charge on any atom is 0.220 e. The van der Waals surface area contributed by atoms with Gasteiger partial charge in [-0.15, -0.1) is 0 Å². The van der Waals surface area contributed by atoms with Gasteiger partial charge >= 0.3 is 0 Å². The van der Waals surface area contributed by atoms with Crippen molar-refractivity contribution in [2.75, 3.05) is 12.4 Å². The van der Waals surface area contributed by atoms with Crippen LogP contribution in [0.25, 0.3) is 0 Å². The van der Waals surface area contributed by atoms with E-state index in [4.69, 9.17) is 4.74 Å². The van der Waals surface area contributed by atoms with E-state index in [1.54, 1.807) is 6.92 Å². The Morgan fingerprint density at radius 2 is 1.56 bits per heavy atom. The van der Waals surface area contributed by atoms with Crippen LogP contribution in [0, 0.1) is 5.92 Å². The van der Waals surface area contributed by atoms with Gasteiger partial charge in [-0.05, 0) is 25.7 Å². The van der Waals surface area contributed by atoms with E-state index in [1.165, 1.54) is 69.5 Å². The summed E-state index contributed by atoms with van der Waals surface area (Å²) in [5.41, 5.74) is 0. The summed E-state index contributed by atoms with van der Waals surface area (Å²) in [6.45, 7) is 9.04. The van der Waals surface area contributed by atoms with Crippen molar-refractivity contribution in [2.24, 2.45) is 5.92 Å². The number of carbonyl (C=O) groups is 1. The first-order valence-corrected chi connectivity index (χ1v) is 11.5. The van der Waals surface area contributed by atoms with E-state index in [0.717, 1.165) is 18.6 Å². The maximum atomic E-state index is 12.1. The van der Waals surface area contributed by atoms with Crippen LogP contribution in [0.5, 0.6) is 0 Å². The Morgan fingerprint density at radius 3 is 2.16 bits per heavy atom. The van der Waals surface area contributed by atoms with E-state index in [0.29, 0.717) is 12.5 Å². The Balaban J connectivity index is 3.80.